The number of hydrogen-bond donors (Lipinski definition) is 3. The van der Waals surface area contributed by atoms with Crippen LogP contribution in [0.15, 0.2) is 52.5 Å². The van der Waals surface area contributed by atoms with Gasteiger partial charge in [-0.2, -0.15) is 18.4 Å². The summed E-state index contributed by atoms with van der Waals surface area (Å²) in [5.74, 6) is 0.391. The van der Waals surface area contributed by atoms with Crippen LogP contribution in [0.1, 0.15) is 19.4 Å². The van der Waals surface area contributed by atoms with Gasteiger partial charge in [-0.3, -0.25) is 0 Å². The highest BCUT2D eigenvalue weighted by Gasteiger charge is 2.14. The minimum absolute atomic E-state index is 0.0302. The fraction of sp³-hybridized carbons (Fsp3) is 0.188. The summed E-state index contributed by atoms with van der Waals surface area (Å²) in [5.41, 5.74) is 0.433. The van der Waals surface area contributed by atoms with Crippen LogP contribution in [-0.4, -0.2) is 30.9 Å². The molecule has 2 aromatic rings. The van der Waals surface area contributed by atoms with Gasteiger partial charge >= 0.3 is 0 Å². The van der Waals surface area contributed by atoms with E-state index in [0.29, 0.717) is 12.4 Å². The first-order valence-corrected chi connectivity index (χ1v) is 8.63. The Kier molecular flexibility index (Phi) is 5.30. The Balaban J connectivity index is 2.20. The van der Waals surface area contributed by atoms with E-state index in [-0.39, 0.29) is 27.7 Å². The fourth-order valence-electron chi connectivity index (χ4n) is 1.94. The molecule has 7 nitrogen and oxygen atoms in total. The molecule has 0 bridgehead atoms. The molecule has 0 fully saturated rings. The van der Waals surface area contributed by atoms with Crippen LogP contribution in [0.5, 0.6) is 17.2 Å². The molecule has 128 valence electrons. The third-order valence-electron chi connectivity index (χ3n) is 3.15. The maximum atomic E-state index is 12.2. The van der Waals surface area contributed by atoms with E-state index >= 15 is 0 Å². The van der Waals surface area contributed by atoms with Gasteiger partial charge in [-0.1, -0.05) is 0 Å². The predicted molar refractivity (Wildman–Crippen MR) is 89.9 cm³/mol. The number of sulfonamides is 1. The Morgan fingerprint density at radius 1 is 1.17 bits per heavy atom. The molecule has 0 aliphatic carbocycles. The largest absolute Gasteiger partial charge is 0.508 e. The molecular formula is C16H18N2O5S. The molecule has 0 saturated heterocycles. The van der Waals surface area contributed by atoms with Crippen molar-refractivity contribution in [1.82, 2.24) is 4.83 Å². The lowest BCUT2D eigenvalue weighted by molar-refractivity contribution is 0.340. The summed E-state index contributed by atoms with van der Waals surface area (Å²) < 4.78 is 29.7. The molecular weight excluding hydrogens is 332 g/mol. The summed E-state index contributed by atoms with van der Waals surface area (Å²) >= 11 is 0. The van der Waals surface area contributed by atoms with Crippen molar-refractivity contribution >= 4 is 15.7 Å². The monoisotopic (exact) mass is 350 g/mol. The summed E-state index contributed by atoms with van der Waals surface area (Å²) in [6.45, 7) is 3.83. The fourth-order valence-corrected chi connectivity index (χ4v) is 2.79. The first kappa shape index (κ1) is 17.6. The van der Waals surface area contributed by atoms with Crippen LogP contribution in [0, 0.1) is 0 Å². The second kappa shape index (κ2) is 7.22. The normalized spacial score (nSPS) is 12.0. The Hall–Kier alpha value is -2.74. The van der Waals surface area contributed by atoms with Crippen molar-refractivity contribution in [2.75, 3.05) is 6.61 Å². The Morgan fingerprint density at radius 2 is 1.83 bits per heavy atom. The number of hydrogen-bond acceptors (Lipinski definition) is 6. The van der Waals surface area contributed by atoms with Gasteiger partial charge in [-0.15, -0.1) is 0 Å². The third kappa shape index (κ3) is 4.17. The second-order valence-electron chi connectivity index (χ2n) is 4.90. The van der Waals surface area contributed by atoms with Crippen LogP contribution in [-0.2, 0) is 10.0 Å². The van der Waals surface area contributed by atoms with Gasteiger partial charge in [0.1, 0.15) is 17.2 Å². The van der Waals surface area contributed by atoms with Crippen LogP contribution in [0.3, 0.4) is 0 Å². The van der Waals surface area contributed by atoms with Crippen LogP contribution < -0.4 is 9.57 Å². The first-order valence-electron chi connectivity index (χ1n) is 7.15. The number of ether oxygens (including phenoxy) is 1. The second-order valence-corrected chi connectivity index (χ2v) is 6.56. The van der Waals surface area contributed by atoms with Gasteiger partial charge < -0.3 is 14.9 Å². The summed E-state index contributed by atoms with van der Waals surface area (Å²) in [6, 6.07) is 9.82. The highest BCUT2D eigenvalue weighted by atomic mass is 32.2. The number of nitrogens with zero attached hydrogens (tertiary/aromatic N) is 1. The number of rotatable bonds is 6. The topological polar surface area (TPSA) is 108 Å². The van der Waals surface area contributed by atoms with Crippen molar-refractivity contribution in [3.05, 3.63) is 48.0 Å². The van der Waals surface area contributed by atoms with Crippen molar-refractivity contribution < 1.29 is 23.4 Å². The van der Waals surface area contributed by atoms with Gasteiger partial charge in [-0.25, -0.2) is 0 Å². The number of benzene rings is 2. The summed E-state index contributed by atoms with van der Waals surface area (Å²) in [6.07, 6.45) is 0. The Bertz CT molecular complexity index is 845. The van der Waals surface area contributed by atoms with Gasteiger partial charge in [0.05, 0.1) is 17.2 Å². The molecule has 2 rings (SSSR count). The molecule has 0 atom stereocenters. The van der Waals surface area contributed by atoms with E-state index in [1.54, 1.807) is 12.1 Å². The van der Waals surface area contributed by atoms with E-state index in [1.165, 1.54) is 37.3 Å². The van der Waals surface area contributed by atoms with Crippen molar-refractivity contribution in [2.24, 2.45) is 5.10 Å². The van der Waals surface area contributed by atoms with Crippen molar-refractivity contribution in [2.45, 2.75) is 18.7 Å². The Labute approximate surface area is 140 Å². The van der Waals surface area contributed by atoms with E-state index in [0.717, 1.165) is 0 Å². The van der Waals surface area contributed by atoms with E-state index < -0.39 is 10.0 Å². The zero-order chi connectivity index (χ0) is 17.7. The SMILES string of the molecule is CCOc1ccc(S(=O)(=O)N/N=C(/C)c2cc(O)ccc2O)cc1. The lowest BCUT2D eigenvalue weighted by atomic mass is 10.1. The molecule has 0 spiro atoms. The molecule has 0 aliphatic heterocycles. The number of nitrogens with one attached hydrogen (secondary N) is 1. The van der Waals surface area contributed by atoms with E-state index in [2.05, 4.69) is 9.93 Å². The average Bonchev–Trinajstić information content (AvgIpc) is 2.56. The first-order chi connectivity index (χ1) is 11.3. The molecule has 0 unspecified atom stereocenters. The van der Waals surface area contributed by atoms with Crippen molar-refractivity contribution in [3.63, 3.8) is 0 Å². The zero-order valence-electron chi connectivity index (χ0n) is 13.2. The highest BCUT2D eigenvalue weighted by Crippen LogP contribution is 2.23. The van der Waals surface area contributed by atoms with Crippen molar-refractivity contribution in [1.29, 1.82) is 0 Å². The third-order valence-corrected chi connectivity index (χ3v) is 4.37. The number of hydrazone groups is 1. The summed E-state index contributed by atoms with van der Waals surface area (Å²) in [5, 5.41) is 23.0. The maximum Gasteiger partial charge on any atom is 0.276 e. The van der Waals surface area contributed by atoms with Crippen LogP contribution in [0.2, 0.25) is 0 Å². The van der Waals surface area contributed by atoms with Gasteiger partial charge in [0.2, 0.25) is 0 Å². The van der Waals surface area contributed by atoms with E-state index in [1.807, 2.05) is 6.92 Å². The molecule has 0 aromatic heterocycles. The smallest absolute Gasteiger partial charge is 0.276 e. The summed E-state index contributed by atoms with van der Waals surface area (Å²) in [4.78, 5) is 2.13. The van der Waals surface area contributed by atoms with E-state index in [9.17, 15) is 18.6 Å². The predicted octanol–water partition coefficient (Wildman–Crippen LogP) is 2.20. The van der Waals surface area contributed by atoms with E-state index in [4.69, 9.17) is 4.74 Å². The molecule has 0 saturated carbocycles. The van der Waals surface area contributed by atoms with Gasteiger partial charge in [0, 0.05) is 5.56 Å². The number of phenols is 2. The van der Waals surface area contributed by atoms with Gasteiger partial charge in [0.15, 0.2) is 0 Å². The maximum absolute atomic E-state index is 12.2. The molecule has 8 heteroatoms. The van der Waals surface area contributed by atoms with Crippen molar-refractivity contribution in [3.8, 4) is 17.2 Å². The lowest BCUT2D eigenvalue weighted by Crippen LogP contribution is -2.20. The standard InChI is InChI=1S/C16H18N2O5S/c1-3-23-13-5-7-14(8-6-13)24(21,22)18-17-11(2)15-10-12(19)4-9-16(15)20/h4-10,18-20H,3H2,1-2H3/b17-11-. The molecule has 0 amide bonds. The summed E-state index contributed by atoms with van der Waals surface area (Å²) in [7, 11) is -3.86. The Morgan fingerprint density at radius 3 is 2.46 bits per heavy atom. The van der Waals surface area contributed by atoms with Crippen LogP contribution in [0.25, 0.3) is 0 Å². The zero-order valence-corrected chi connectivity index (χ0v) is 14.0. The molecule has 2 aromatic carbocycles. The quantitative estimate of drug-likeness (QED) is 0.420. The molecule has 3 N–H and O–H groups in total. The van der Waals surface area contributed by atoms with Gasteiger partial charge in [0.25, 0.3) is 10.0 Å². The number of phenolic OH excluding ortho intramolecular Hbond substituents is 2. The molecule has 0 heterocycles. The number of aromatic hydroxyl groups is 2. The van der Waals surface area contributed by atoms with Crippen LogP contribution in [0.4, 0.5) is 0 Å². The lowest BCUT2D eigenvalue weighted by Gasteiger charge is -2.08. The van der Waals surface area contributed by atoms with Gasteiger partial charge in [-0.05, 0) is 56.3 Å². The minimum Gasteiger partial charge on any atom is -0.508 e. The molecule has 24 heavy (non-hydrogen) atoms. The average molecular weight is 350 g/mol. The minimum atomic E-state index is -3.86. The highest BCUT2D eigenvalue weighted by molar-refractivity contribution is 7.89. The molecule has 0 aliphatic rings. The molecule has 0 radical (unpaired) electrons. The van der Waals surface area contributed by atoms with Crippen LogP contribution >= 0.6 is 0 Å².